The molecule has 0 spiro atoms. The highest BCUT2D eigenvalue weighted by atomic mass is 35.5. The van der Waals surface area contributed by atoms with E-state index in [1.807, 2.05) is 0 Å². The van der Waals surface area contributed by atoms with Gasteiger partial charge in [-0.2, -0.15) is 0 Å². The van der Waals surface area contributed by atoms with Crippen molar-refractivity contribution < 1.29 is 14.4 Å². The number of Topliss-reactive ketones (excluding diaryl/α,β-unsaturated/α-hetero) is 2. The Morgan fingerprint density at radius 2 is 1.90 bits per heavy atom. The molecule has 3 rings (SSSR count). The smallest absolute Gasteiger partial charge is 0.297 e. The van der Waals surface area contributed by atoms with Gasteiger partial charge in [0.2, 0.25) is 0 Å². The number of halogens is 1. The molecule has 0 radical (unpaired) electrons. The van der Waals surface area contributed by atoms with E-state index >= 15 is 0 Å². The number of anilines is 1. The number of carbonyl (C=O) groups is 3. The van der Waals surface area contributed by atoms with Gasteiger partial charge in [0, 0.05) is 5.92 Å². The molecule has 1 aromatic carbocycles. The molecule has 5 heteroatoms. The fourth-order valence-electron chi connectivity index (χ4n) is 3.17. The largest absolute Gasteiger partial charge is 0.299 e. The third-order valence-electron chi connectivity index (χ3n) is 4.32. The average molecular weight is 306 g/mol. The van der Waals surface area contributed by atoms with Crippen molar-refractivity contribution in [1.29, 1.82) is 0 Å². The summed E-state index contributed by atoms with van der Waals surface area (Å²) in [5, 5.41) is 0.336. The Balaban J connectivity index is 1.84. The topological polar surface area (TPSA) is 54.5 Å². The molecule has 21 heavy (non-hydrogen) atoms. The van der Waals surface area contributed by atoms with Crippen molar-refractivity contribution in [1.82, 2.24) is 0 Å². The highest BCUT2D eigenvalue weighted by molar-refractivity contribution is 6.54. The van der Waals surface area contributed by atoms with Crippen molar-refractivity contribution in [3.63, 3.8) is 0 Å². The van der Waals surface area contributed by atoms with Gasteiger partial charge in [-0.3, -0.25) is 19.3 Å². The van der Waals surface area contributed by atoms with Crippen LogP contribution in [0.15, 0.2) is 18.2 Å². The molecule has 0 unspecified atom stereocenters. The third-order valence-corrected chi connectivity index (χ3v) is 4.62. The Labute approximate surface area is 128 Å². The van der Waals surface area contributed by atoms with Crippen molar-refractivity contribution in [3.05, 3.63) is 28.8 Å². The Morgan fingerprint density at radius 3 is 2.62 bits per heavy atom. The monoisotopic (exact) mass is 305 g/mol. The molecule has 0 saturated heterocycles. The highest BCUT2D eigenvalue weighted by Gasteiger charge is 2.39. The fourth-order valence-corrected chi connectivity index (χ4v) is 3.45. The van der Waals surface area contributed by atoms with Crippen molar-refractivity contribution in [2.24, 2.45) is 5.92 Å². The maximum absolute atomic E-state index is 12.4. The van der Waals surface area contributed by atoms with Gasteiger partial charge in [-0.05, 0) is 25.0 Å². The van der Waals surface area contributed by atoms with Crippen molar-refractivity contribution >= 4 is 34.8 Å². The lowest BCUT2D eigenvalue weighted by Gasteiger charge is -2.23. The van der Waals surface area contributed by atoms with Crippen LogP contribution in [0.2, 0.25) is 5.02 Å². The summed E-state index contributed by atoms with van der Waals surface area (Å²) in [7, 11) is 0. The first-order valence-electron chi connectivity index (χ1n) is 7.27. The number of carbonyl (C=O) groups excluding carboxylic acids is 3. The minimum Gasteiger partial charge on any atom is -0.297 e. The SMILES string of the molecule is O=C1C(=O)N(CC(=O)C2CCCCC2)c2c(Cl)cccc21. The minimum atomic E-state index is -0.651. The van der Waals surface area contributed by atoms with E-state index in [0.29, 0.717) is 16.3 Å². The van der Waals surface area contributed by atoms with Gasteiger partial charge in [0.05, 0.1) is 22.8 Å². The van der Waals surface area contributed by atoms with E-state index in [9.17, 15) is 14.4 Å². The first-order chi connectivity index (χ1) is 10.1. The lowest BCUT2D eigenvalue weighted by atomic mass is 9.86. The summed E-state index contributed by atoms with van der Waals surface area (Å²) in [5.41, 5.74) is 0.683. The second kappa shape index (κ2) is 5.60. The van der Waals surface area contributed by atoms with Crippen LogP contribution in [0.4, 0.5) is 5.69 Å². The number of hydrogen-bond acceptors (Lipinski definition) is 3. The Hall–Kier alpha value is -1.68. The standard InChI is InChI=1S/C16H16ClNO3/c17-12-8-4-7-11-14(12)18(16(21)15(11)20)9-13(19)10-5-2-1-3-6-10/h4,7-8,10H,1-3,5-6,9H2. The maximum Gasteiger partial charge on any atom is 0.299 e. The predicted molar refractivity (Wildman–Crippen MR) is 79.7 cm³/mol. The van der Waals surface area contributed by atoms with Gasteiger partial charge in [-0.25, -0.2) is 0 Å². The van der Waals surface area contributed by atoms with Crippen LogP contribution < -0.4 is 4.90 Å². The van der Waals surface area contributed by atoms with Crippen LogP contribution in [0, 0.1) is 5.92 Å². The quantitative estimate of drug-likeness (QED) is 0.807. The molecule has 4 nitrogen and oxygen atoms in total. The zero-order valence-electron chi connectivity index (χ0n) is 11.6. The van der Waals surface area contributed by atoms with Crippen molar-refractivity contribution in [2.45, 2.75) is 32.1 Å². The van der Waals surface area contributed by atoms with Crippen LogP contribution >= 0.6 is 11.6 Å². The number of rotatable bonds is 3. The molecule has 2 aliphatic rings. The van der Waals surface area contributed by atoms with Gasteiger partial charge in [0.1, 0.15) is 0 Å². The Morgan fingerprint density at radius 1 is 1.19 bits per heavy atom. The number of para-hydroxylation sites is 1. The molecule has 1 saturated carbocycles. The molecule has 1 aliphatic carbocycles. The lowest BCUT2D eigenvalue weighted by molar-refractivity contribution is -0.124. The van der Waals surface area contributed by atoms with E-state index < -0.39 is 11.7 Å². The molecular formula is C16H16ClNO3. The highest BCUT2D eigenvalue weighted by Crippen LogP contribution is 2.36. The van der Waals surface area contributed by atoms with Crippen LogP contribution in [0.3, 0.4) is 0 Å². The average Bonchev–Trinajstić information content (AvgIpc) is 2.74. The molecule has 1 amide bonds. The zero-order chi connectivity index (χ0) is 15.0. The number of hydrogen-bond donors (Lipinski definition) is 0. The predicted octanol–water partition coefficient (Wildman–Crippen LogP) is 3.02. The van der Waals surface area contributed by atoms with E-state index in [-0.39, 0.29) is 18.2 Å². The third kappa shape index (κ3) is 2.48. The van der Waals surface area contributed by atoms with Crippen LogP contribution in [-0.2, 0) is 9.59 Å². The second-order valence-electron chi connectivity index (χ2n) is 5.66. The van der Waals surface area contributed by atoms with Crippen LogP contribution in [-0.4, -0.2) is 24.0 Å². The molecule has 0 atom stereocenters. The molecule has 1 aliphatic heterocycles. The molecule has 110 valence electrons. The second-order valence-corrected chi connectivity index (χ2v) is 6.06. The maximum atomic E-state index is 12.4. The van der Waals surface area contributed by atoms with Gasteiger partial charge in [0.15, 0.2) is 5.78 Å². The summed E-state index contributed by atoms with van der Waals surface area (Å²) in [6, 6.07) is 4.84. The Bertz CT molecular complexity index is 620. The van der Waals surface area contributed by atoms with Crippen LogP contribution in [0.5, 0.6) is 0 Å². The summed E-state index contributed by atoms with van der Waals surface area (Å²) in [6.07, 6.45) is 5.04. The van der Waals surface area contributed by atoms with E-state index in [2.05, 4.69) is 0 Å². The zero-order valence-corrected chi connectivity index (χ0v) is 12.4. The van der Waals surface area contributed by atoms with Gasteiger partial charge in [-0.15, -0.1) is 0 Å². The summed E-state index contributed by atoms with van der Waals surface area (Å²) in [4.78, 5) is 37.7. The lowest BCUT2D eigenvalue weighted by Crippen LogP contribution is -2.37. The number of nitrogens with zero attached hydrogens (tertiary/aromatic N) is 1. The summed E-state index contributed by atoms with van der Waals surface area (Å²) < 4.78 is 0. The van der Waals surface area contributed by atoms with Crippen molar-refractivity contribution in [3.8, 4) is 0 Å². The molecule has 1 aromatic rings. The van der Waals surface area contributed by atoms with Crippen LogP contribution in [0.1, 0.15) is 42.5 Å². The first-order valence-corrected chi connectivity index (χ1v) is 7.65. The van der Waals surface area contributed by atoms with E-state index in [4.69, 9.17) is 11.6 Å². The molecule has 0 bridgehead atoms. The van der Waals surface area contributed by atoms with Gasteiger partial charge in [0.25, 0.3) is 11.7 Å². The van der Waals surface area contributed by atoms with Gasteiger partial charge >= 0.3 is 0 Å². The fraction of sp³-hybridized carbons (Fsp3) is 0.438. The summed E-state index contributed by atoms with van der Waals surface area (Å²) >= 11 is 6.11. The van der Waals surface area contributed by atoms with Gasteiger partial charge < -0.3 is 0 Å². The first kappa shape index (κ1) is 14.3. The van der Waals surface area contributed by atoms with E-state index in [1.165, 1.54) is 11.3 Å². The number of amides is 1. The normalized spacial score (nSPS) is 19.0. The van der Waals surface area contributed by atoms with Crippen molar-refractivity contribution in [2.75, 3.05) is 11.4 Å². The number of benzene rings is 1. The van der Waals surface area contributed by atoms with Crippen LogP contribution in [0.25, 0.3) is 0 Å². The molecule has 0 N–H and O–H groups in total. The molecule has 1 heterocycles. The van der Waals surface area contributed by atoms with Gasteiger partial charge in [-0.1, -0.05) is 36.9 Å². The molecule has 1 fully saturated rings. The molecular weight excluding hydrogens is 290 g/mol. The summed E-state index contributed by atoms with van der Waals surface area (Å²) in [5.74, 6) is -1.19. The summed E-state index contributed by atoms with van der Waals surface area (Å²) in [6.45, 7) is -0.0496. The number of fused-ring (bicyclic) bond motifs is 1. The number of ketones is 2. The van der Waals surface area contributed by atoms with E-state index in [1.54, 1.807) is 18.2 Å². The minimum absolute atomic E-state index is 0.00758. The van der Waals surface area contributed by atoms with E-state index in [0.717, 1.165) is 25.7 Å². The molecule has 0 aromatic heterocycles. The Kier molecular flexibility index (Phi) is 3.81.